The Kier molecular flexibility index (Phi) is 25.3. The average molecular weight is 1210 g/mol. The zero-order chi connectivity index (χ0) is 62.0. The fourth-order valence-electron chi connectivity index (χ4n) is 11.0. The highest BCUT2D eigenvalue weighted by molar-refractivity contribution is 7.86. The summed E-state index contributed by atoms with van der Waals surface area (Å²) in [4.78, 5) is 95.3. The lowest BCUT2D eigenvalue weighted by molar-refractivity contribution is -0.438. The van der Waals surface area contributed by atoms with Gasteiger partial charge in [-0.15, -0.1) is 0 Å². The van der Waals surface area contributed by atoms with Crippen LogP contribution >= 0.6 is 0 Å². The summed E-state index contributed by atoms with van der Waals surface area (Å²) >= 11 is 0. The molecule has 25 nitrogen and oxygen atoms in total. The van der Waals surface area contributed by atoms with E-state index in [0.717, 1.165) is 32.3 Å². The molecule has 0 fully saturated rings. The maximum Gasteiger partial charge on any atom is 0.320 e. The Labute approximate surface area is 482 Å². The summed E-state index contributed by atoms with van der Waals surface area (Å²) in [6.07, 6.45) is 11.6. The van der Waals surface area contributed by atoms with Gasteiger partial charge in [-0.1, -0.05) is 50.5 Å². The highest BCUT2D eigenvalue weighted by Crippen LogP contribution is 2.53. The molecule has 10 N–H and O–H groups in total. The molecule has 2 amide bonds. The van der Waals surface area contributed by atoms with E-state index in [1.807, 2.05) is 45.9 Å². The van der Waals surface area contributed by atoms with Crippen molar-refractivity contribution in [3.05, 3.63) is 76.9 Å². The van der Waals surface area contributed by atoms with E-state index in [-0.39, 0.29) is 79.1 Å². The van der Waals surface area contributed by atoms with Crippen LogP contribution in [0.2, 0.25) is 0 Å². The number of carbonyl (C=O) groups excluding carboxylic acids is 2. The van der Waals surface area contributed by atoms with Crippen LogP contribution in [0.4, 0.5) is 5.69 Å². The van der Waals surface area contributed by atoms with E-state index in [1.165, 1.54) is 24.3 Å². The number of fused-ring (bicyclic) bond motifs is 2. The number of unbranched alkanes of at least 4 members (excludes halogenated alkanes) is 6. The third kappa shape index (κ3) is 20.2. The van der Waals surface area contributed by atoms with Gasteiger partial charge >= 0.3 is 35.8 Å². The van der Waals surface area contributed by atoms with Crippen LogP contribution in [0.25, 0.3) is 0 Å². The molecule has 0 saturated carbocycles. The minimum atomic E-state index is -4.56. The second-order valence-electron chi connectivity index (χ2n) is 21.9. The van der Waals surface area contributed by atoms with Crippen molar-refractivity contribution in [2.24, 2.45) is 0 Å². The van der Waals surface area contributed by atoms with Gasteiger partial charge in [-0.05, 0) is 113 Å². The minimum absolute atomic E-state index is 0.0239. The molecule has 0 saturated heterocycles. The predicted octanol–water partition coefficient (Wildman–Crippen LogP) is 5.05. The quantitative estimate of drug-likeness (QED) is 0.0239. The van der Waals surface area contributed by atoms with Gasteiger partial charge in [0.05, 0.1) is 41.4 Å². The van der Waals surface area contributed by atoms with Crippen LogP contribution in [0.3, 0.4) is 0 Å². The molecular weight excluding hydrogens is 1130 g/mol. The molecule has 458 valence electrons. The van der Waals surface area contributed by atoms with E-state index in [4.69, 9.17) is 20.4 Å². The van der Waals surface area contributed by atoms with Crippen molar-refractivity contribution in [3.8, 4) is 0 Å². The molecule has 2 aromatic rings. The number of carbonyl (C=O) groups is 8. The largest absolute Gasteiger partial charge is 0.480 e. The van der Waals surface area contributed by atoms with Gasteiger partial charge in [0.2, 0.25) is 17.5 Å². The van der Waals surface area contributed by atoms with Crippen molar-refractivity contribution >= 4 is 79.3 Å². The molecule has 1 heterocycles. The number of allylic oxidation sites excluding steroid dienone is 4. The fraction of sp³-hybridized carbons (Fsp3) is 0.554. The van der Waals surface area contributed by atoms with Crippen molar-refractivity contribution in [2.75, 3.05) is 45.8 Å². The summed E-state index contributed by atoms with van der Waals surface area (Å²) in [6, 6.07) is 6.28. The first-order valence-corrected chi connectivity index (χ1v) is 30.3. The zero-order valence-electron chi connectivity index (χ0n) is 47.1. The Hall–Kier alpha value is -6.91. The van der Waals surface area contributed by atoms with E-state index >= 15 is 0 Å². The number of nitrogens with zero attached hydrogens (tertiary/aromatic N) is 3. The summed E-state index contributed by atoms with van der Waals surface area (Å²) in [7, 11) is -9.12. The SMILES string of the molecule is CC1(C)C(/C=C/C=C2\C(CCCCCC(=O)NCCCCC(C(=O)O)N(CC(=O)O)CC(=O)O)c3ccc(S(=O)(=O)O)cc3C2(C)C)=[N+](CCCCCC(=O)NCCCCC(C(=O)O)N(CC(=O)O)CC(=O)O)c2ccc(S(=O)(=O)O)cc21. The molecule has 4 rings (SSSR count). The van der Waals surface area contributed by atoms with Crippen molar-refractivity contribution in [3.63, 3.8) is 0 Å². The van der Waals surface area contributed by atoms with Gasteiger partial charge in [0, 0.05) is 61.4 Å². The van der Waals surface area contributed by atoms with E-state index < -0.39 is 105 Å². The topological polar surface area (TPSA) is 400 Å². The van der Waals surface area contributed by atoms with E-state index in [2.05, 4.69) is 15.2 Å². The second kappa shape index (κ2) is 30.6. The smallest absolute Gasteiger partial charge is 0.320 e. The number of rotatable bonds is 38. The number of amides is 2. The van der Waals surface area contributed by atoms with Gasteiger partial charge in [-0.3, -0.25) is 57.3 Å². The third-order valence-corrected chi connectivity index (χ3v) is 16.8. The molecule has 0 spiro atoms. The Morgan fingerprint density at radius 1 is 0.578 bits per heavy atom. The summed E-state index contributed by atoms with van der Waals surface area (Å²) in [5.74, 6) is -8.83. The first-order valence-electron chi connectivity index (χ1n) is 27.4. The van der Waals surface area contributed by atoms with Gasteiger partial charge in [0.15, 0.2) is 5.71 Å². The first kappa shape index (κ1) is 68.6. The number of carboxylic acids is 6. The molecule has 83 heavy (non-hydrogen) atoms. The summed E-state index contributed by atoms with van der Waals surface area (Å²) in [6.45, 7) is 5.64. The molecule has 0 aromatic heterocycles. The Morgan fingerprint density at radius 2 is 1.02 bits per heavy atom. The molecule has 2 aliphatic rings. The number of nitrogens with one attached hydrogen (secondary N) is 2. The van der Waals surface area contributed by atoms with Crippen LogP contribution in [0.5, 0.6) is 0 Å². The minimum Gasteiger partial charge on any atom is -0.480 e. The van der Waals surface area contributed by atoms with Gasteiger partial charge in [-0.25, -0.2) is 0 Å². The lowest BCUT2D eigenvalue weighted by Gasteiger charge is -2.25. The fourth-order valence-corrected chi connectivity index (χ4v) is 12.0. The average Bonchev–Trinajstić information content (AvgIpc) is 2.58. The summed E-state index contributed by atoms with van der Waals surface area (Å²) in [5.41, 5.74) is 3.18. The maximum absolute atomic E-state index is 12.8. The number of carboxylic acid groups (broad SMARTS) is 6. The lowest BCUT2D eigenvalue weighted by Crippen LogP contribution is -2.46. The summed E-state index contributed by atoms with van der Waals surface area (Å²) in [5, 5.41) is 61.5. The Bertz CT molecular complexity index is 3030. The number of benzene rings is 2. The predicted molar refractivity (Wildman–Crippen MR) is 300 cm³/mol. The van der Waals surface area contributed by atoms with Crippen LogP contribution < -0.4 is 10.6 Å². The molecule has 1 aliphatic carbocycles. The molecule has 0 bridgehead atoms. The third-order valence-electron chi connectivity index (χ3n) is 15.1. The second-order valence-corrected chi connectivity index (χ2v) is 24.7. The maximum atomic E-state index is 12.8. The van der Waals surface area contributed by atoms with Gasteiger partial charge in [0.25, 0.3) is 20.2 Å². The van der Waals surface area contributed by atoms with Gasteiger partial charge < -0.3 is 41.3 Å². The standard InChI is InChI=1S/C56H77N5O20S2/c1-55(2)40(38(39-25-23-36(30-41(39)55)82(76,77)78)16-7-5-8-21-47(62)57-27-12-10-18-44(53(72)73)59(32-49(64)65)33-50(66)67)17-15-20-46-56(3,4)42-31-37(83(79,80)81)24-26-43(42)61(46)29-14-6-9-22-48(63)58-28-13-11-19-45(54(74)75)60(34-51(68)69)35-52(70)71/h15,17,20,23-26,30-31,38,44-45H,5-14,16,18-19,21-22,27-29,32-35H2,1-4H3,(H9-,57,58,62,63,64,65,66,67,68,69,70,71,72,73,74,75,76,77,78,79,80,81)/p+1/b20-15+,40-17+. The molecule has 1 aliphatic heterocycles. The molecule has 3 atom stereocenters. The molecule has 0 radical (unpaired) electrons. The van der Waals surface area contributed by atoms with Crippen molar-refractivity contribution in [1.82, 2.24) is 20.4 Å². The number of aliphatic carboxylic acids is 6. The monoisotopic (exact) mass is 1200 g/mol. The lowest BCUT2D eigenvalue weighted by atomic mass is 9.79. The Morgan fingerprint density at radius 3 is 1.47 bits per heavy atom. The molecule has 3 unspecified atom stereocenters. The summed E-state index contributed by atoms with van der Waals surface area (Å²) < 4.78 is 71.4. The zero-order valence-corrected chi connectivity index (χ0v) is 48.8. The van der Waals surface area contributed by atoms with Gasteiger partial charge in [-0.2, -0.15) is 21.4 Å². The van der Waals surface area contributed by atoms with Crippen molar-refractivity contribution in [1.29, 1.82) is 0 Å². The van der Waals surface area contributed by atoms with E-state index in [0.29, 0.717) is 75.5 Å². The number of hydrogen-bond acceptors (Lipinski definition) is 14. The van der Waals surface area contributed by atoms with Gasteiger partial charge in [0.1, 0.15) is 18.6 Å². The van der Waals surface area contributed by atoms with Crippen LogP contribution in [-0.4, -0.2) is 182 Å². The Balaban J connectivity index is 1.44. The highest BCUT2D eigenvalue weighted by Gasteiger charge is 2.46. The molecule has 2 aromatic carbocycles. The van der Waals surface area contributed by atoms with Crippen molar-refractivity contribution in [2.45, 2.75) is 163 Å². The van der Waals surface area contributed by atoms with Crippen LogP contribution in [0.15, 0.2) is 70.0 Å². The van der Waals surface area contributed by atoms with E-state index in [9.17, 15) is 74.5 Å². The van der Waals surface area contributed by atoms with Crippen LogP contribution in [0, 0.1) is 0 Å². The molecular formula is C56H78N5O20S2+. The molecule has 27 heteroatoms. The van der Waals surface area contributed by atoms with Crippen molar-refractivity contribution < 1.29 is 99.5 Å². The van der Waals surface area contributed by atoms with Crippen LogP contribution in [0.1, 0.15) is 147 Å². The number of hydrogen-bond donors (Lipinski definition) is 10. The van der Waals surface area contributed by atoms with E-state index in [1.54, 1.807) is 12.1 Å². The normalized spacial score (nSPS) is 16.7. The highest BCUT2D eigenvalue weighted by atomic mass is 32.2. The first-order chi connectivity index (χ1) is 38.8. The van der Waals surface area contributed by atoms with Crippen LogP contribution in [-0.2, 0) is 69.4 Å².